The van der Waals surface area contributed by atoms with Crippen molar-refractivity contribution in [1.29, 1.82) is 0 Å². The summed E-state index contributed by atoms with van der Waals surface area (Å²) in [7, 11) is 0. The molecular formula is C8H13ClN2O2. The maximum absolute atomic E-state index is 10.6. The molecule has 0 spiro atoms. The second kappa shape index (κ2) is 4.28. The number of aryl methyl sites for hydroxylation is 2. The summed E-state index contributed by atoms with van der Waals surface area (Å²) >= 11 is 0. The Morgan fingerprint density at radius 3 is 2.46 bits per heavy atom. The van der Waals surface area contributed by atoms with E-state index < -0.39 is 12.0 Å². The zero-order valence-electron chi connectivity index (χ0n) is 7.81. The van der Waals surface area contributed by atoms with Crippen molar-refractivity contribution >= 4 is 18.4 Å². The van der Waals surface area contributed by atoms with Crippen LogP contribution in [0, 0.1) is 13.8 Å². The predicted octanol–water partition coefficient (Wildman–Crippen LogP) is 1.57. The minimum absolute atomic E-state index is 0. The summed E-state index contributed by atoms with van der Waals surface area (Å²) in [6, 6.07) is 1.28. The fourth-order valence-corrected chi connectivity index (χ4v) is 1.14. The van der Waals surface area contributed by atoms with Gasteiger partial charge in [0.1, 0.15) is 6.04 Å². The van der Waals surface area contributed by atoms with Crippen molar-refractivity contribution < 1.29 is 9.90 Å². The van der Waals surface area contributed by atoms with Crippen LogP contribution in [0.15, 0.2) is 6.07 Å². The van der Waals surface area contributed by atoms with E-state index in [0.717, 1.165) is 11.4 Å². The molecule has 1 unspecified atom stereocenters. The first-order valence-corrected chi connectivity index (χ1v) is 3.78. The zero-order chi connectivity index (χ0) is 9.30. The van der Waals surface area contributed by atoms with Gasteiger partial charge in [0.05, 0.1) is 5.69 Å². The number of halogens is 1. The average Bonchev–Trinajstić information content (AvgIpc) is 2.28. The third-order valence-electron chi connectivity index (χ3n) is 1.77. The van der Waals surface area contributed by atoms with Crippen molar-refractivity contribution in [3.05, 3.63) is 17.5 Å². The molecule has 0 amide bonds. The summed E-state index contributed by atoms with van der Waals surface area (Å²) in [5.74, 6) is -0.860. The van der Waals surface area contributed by atoms with E-state index in [-0.39, 0.29) is 12.4 Å². The lowest BCUT2D eigenvalue weighted by atomic mass is 10.3. The molecule has 1 N–H and O–H groups in total. The summed E-state index contributed by atoms with van der Waals surface area (Å²) < 4.78 is 1.51. The van der Waals surface area contributed by atoms with Crippen LogP contribution in [-0.2, 0) is 4.79 Å². The number of carbonyl (C=O) groups is 1. The average molecular weight is 205 g/mol. The SMILES string of the molecule is Cc1cc(C)n(C(C)C(=O)O)n1.Cl. The lowest BCUT2D eigenvalue weighted by Gasteiger charge is -2.08. The molecule has 0 aliphatic carbocycles. The molecule has 1 aromatic rings. The first kappa shape index (κ1) is 12.0. The molecule has 4 nitrogen and oxygen atoms in total. The van der Waals surface area contributed by atoms with E-state index in [1.165, 1.54) is 4.68 Å². The smallest absolute Gasteiger partial charge is 0.328 e. The third-order valence-corrected chi connectivity index (χ3v) is 1.77. The van der Waals surface area contributed by atoms with Gasteiger partial charge in [-0.05, 0) is 26.8 Å². The van der Waals surface area contributed by atoms with Crippen molar-refractivity contribution in [3.63, 3.8) is 0 Å². The summed E-state index contributed by atoms with van der Waals surface area (Å²) in [5.41, 5.74) is 1.73. The van der Waals surface area contributed by atoms with Crippen molar-refractivity contribution in [2.75, 3.05) is 0 Å². The van der Waals surface area contributed by atoms with Crippen LogP contribution in [0.5, 0.6) is 0 Å². The highest BCUT2D eigenvalue weighted by Gasteiger charge is 2.15. The molecule has 0 aromatic carbocycles. The van der Waals surface area contributed by atoms with Crippen LogP contribution in [0.2, 0.25) is 0 Å². The minimum Gasteiger partial charge on any atom is -0.480 e. The van der Waals surface area contributed by atoms with Gasteiger partial charge in [0.25, 0.3) is 0 Å². The molecule has 0 saturated carbocycles. The summed E-state index contributed by atoms with van der Waals surface area (Å²) in [5, 5.41) is 12.8. The van der Waals surface area contributed by atoms with Gasteiger partial charge in [-0.3, -0.25) is 4.68 Å². The molecule has 0 radical (unpaired) electrons. The van der Waals surface area contributed by atoms with Crippen LogP contribution in [-0.4, -0.2) is 20.9 Å². The van der Waals surface area contributed by atoms with Gasteiger partial charge in [-0.1, -0.05) is 0 Å². The molecular weight excluding hydrogens is 192 g/mol. The Balaban J connectivity index is 0.00000144. The van der Waals surface area contributed by atoms with E-state index >= 15 is 0 Å². The Labute approximate surface area is 83.0 Å². The van der Waals surface area contributed by atoms with Crippen LogP contribution in [0.4, 0.5) is 0 Å². The van der Waals surface area contributed by atoms with Crippen LogP contribution >= 0.6 is 12.4 Å². The van der Waals surface area contributed by atoms with Crippen LogP contribution in [0.3, 0.4) is 0 Å². The number of rotatable bonds is 2. The van der Waals surface area contributed by atoms with Crippen molar-refractivity contribution in [1.82, 2.24) is 9.78 Å². The van der Waals surface area contributed by atoms with E-state index in [2.05, 4.69) is 5.10 Å². The number of aliphatic carboxylic acids is 1. The van der Waals surface area contributed by atoms with Gasteiger partial charge >= 0.3 is 5.97 Å². The predicted molar refractivity (Wildman–Crippen MR) is 51.3 cm³/mol. The maximum atomic E-state index is 10.6. The van der Waals surface area contributed by atoms with E-state index in [4.69, 9.17) is 5.11 Å². The second-order valence-corrected chi connectivity index (χ2v) is 2.89. The second-order valence-electron chi connectivity index (χ2n) is 2.89. The molecule has 0 fully saturated rings. The quantitative estimate of drug-likeness (QED) is 0.796. The van der Waals surface area contributed by atoms with Crippen molar-refractivity contribution in [3.8, 4) is 0 Å². The van der Waals surface area contributed by atoms with Crippen molar-refractivity contribution in [2.45, 2.75) is 26.8 Å². The molecule has 0 saturated heterocycles. The van der Waals surface area contributed by atoms with Crippen LogP contribution in [0.1, 0.15) is 24.4 Å². The Hall–Kier alpha value is -1.03. The highest BCUT2D eigenvalue weighted by molar-refractivity contribution is 5.85. The Morgan fingerprint density at radius 2 is 2.15 bits per heavy atom. The number of hydrogen-bond donors (Lipinski definition) is 1. The Kier molecular flexibility index (Phi) is 3.94. The summed E-state index contributed by atoms with van der Waals surface area (Å²) in [6.45, 7) is 5.30. The van der Waals surface area contributed by atoms with E-state index in [1.54, 1.807) is 6.92 Å². The van der Waals surface area contributed by atoms with Crippen LogP contribution in [0.25, 0.3) is 0 Å². The van der Waals surface area contributed by atoms with Gasteiger partial charge < -0.3 is 5.11 Å². The molecule has 5 heteroatoms. The standard InChI is InChI=1S/C8H12N2O2.ClH/c1-5-4-6(2)10(9-5)7(3)8(11)12;/h4,7H,1-3H3,(H,11,12);1H. The Morgan fingerprint density at radius 1 is 1.62 bits per heavy atom. The molecule has 0 aliphatic heterocycles. The number of carboxylic acids is 1. The fraction of sp³-hybridized carbons (Fsp3) is 0.500. The lowest BCUT2D eigenvalue weighted by Crippen LogP contribution is -2.17. The van der Waals surface area contributed by atoms with Gasteiger partial charge in [-0.2, -0.15) is 5.10 Å². The lowest BCUT2D eigenvalue weighted by molar-refractivity contribution is -0.140. The first-order valence-electron chi connectivity index (χ1n) is 3.78. The number of aromatic nitrogens is 2. The molecule has 1 atom stereocenters. The zero-order valence-corrected chi connectivity index (χ0v) is 8.63. The topological polar surface area (TPSA) is 55.1 Å². The molecule has 1 heterocycles. The van der Waals surface area contributed by atoms with Crippen LogP contribution < -0.4 is 0 Å². The number of nitrogens with zero attached hydrogens (tertiary/aromatic N) is 2. The largest absolute Gasteiger partial charge is 0.480 e. The fourth-order valence-electron chi connectivity index (χ4n) is 1.14. The molecule has 0 bridgehead atoms. The van der Waals surface area contributed by atoms with Gasteiger partial charge in [0.2, 0.25) is 0 Å². The molecule has 1 rings (SSSR count). The van der Waals surface area contributed by atoms with Crippen molar-refractivity contribution in [2.24, 2.45) is 0 Å². The van der Waals surface area contributed by atoms with Gasteiger partial charge in [-0.25, -0.2) is 4.79 Å². The highest BCUT2D eigenvalue weighted by Crippen LogP contribution is 2.10. The first-order chi connectivity index (χ1) is 5.52. The van der Waals surface area contributed by atoms with Gasteiger partial charge in [-0.15, -0.1) is 12.4 Å². The molecule has 1 aromatic heterocycles. The van der Waals surface area contributed by atoms with E-state index in [0.29, 0.717) is 0 Å². The number of hydrogen-bond acceptors (Lipinski definition) is 2. The molecule has 13 heavy (non-hydrogen) atoms. The monoisotopic (exact) mass is 204 g/mol. The maximum Gasteiger partial charge on any atom is 0.328 e. The van der Waals surface area contributed by atoms with Gasteiger partial charge in [0.15, 0.2) is 0 Å². The highest BCUT2D eigenvalue weighted by atomic mass is 35.5. The third kappa shape index (κ3) is 2.45. The molecule has 74 valence electrons. The summed E-state index contributed by atoms with van der Waals surface area (Å²) in [6.07, 6.45) is 0. The molecule has 0 aliphatic rings. The van der Waals surface area contributed by atoms with E-state index in [1.807, 2.05) is 19.9 Å². The normalized spacial score (nSPS) is 11.9. The minimum atomic E-state index is -0.860. The van der Waals surface area contributed by atoms with E-state index in [9.17, 15) is 4.79 Å². The Bertz CT molecular complexity index is 309. The van der Waals surface area contributed by atoms with Gasteiger partial charge in [0, 0.05) is 5.69 Å². The number of carboxylic acid groups (broad SMARTS) is 1. The summed E-state index contributed by atoms with van der Waals surface area (Å²) in [4.78, 5) is 10.6.